The molecule has 1 rings (SSSR count). The van der Waals surface area contributed by atoms with Crippen molar-refractivity contribution in [2.24, 2.45) is 5.92 Å². The zero-order chi connectivity index (χ0) is 11.0. The highest BCUT2D eigenvalue weighted by Gasteiger charge is 1.97. The van der Waals surface area contributed by atoms with E-state index in [1.165, 1.54) is 0 Å². The van der Waals surface area contributed by atoms with Crippen LogP contribution in [0.25, 0.3) is 6.08 Å². The van der Waals surface area contributed by atoms with Gasteiger partial charge in [0.2, 0.25) is 0 Å². The fourth-order valence-electron chi connectivity index (χ4n) is 0.771. The van der Waals surface area contributed by atoms with Crippen molar-refractivity contribution in [1.82, 2.24) is 15.4 Å². The molecule has 1 aromatic rings. The first-order valence-electron chi connectivity index (χ1n) is 4.92. The van der Waals surface area contributed by atoms with Gasteiger partial charge in [0.1, 0.15) is 5.69 Å². The van der Waals surface area contributed by atoms with Gasteiger partial charge in [-0.3, -0.25) is 0 Å². The second kappa shape index (κ2) is 7.06. The normalized spacial score (nSPS) is 12.0. The van der Waals surface area contributed by atoms with Crippen LogP contribution in [0.3, 0.4) is 0 Å². The van der Waals surface area contributed by atoms with Crippen LogP contribution in [-0.2, 0) is 0 Å². The Kier molecular flexibility index (Phi) is 6.37. The highest BCUT2D eigenvalue weighted by molar-refractivity contribution is 5.46. The van der Waals surface area contributed by atoms with Gasteiger partial charge in [-0.05, 0) is 18.9 Å². The Balaban J connectivity index is 0.000000791. The summed E-state index contributed by atoms with van der Waals surface area (Å²) in [4.78, 5) is 0. The number of aromatic amines is 1. The van der Waals surface area contributed by atoms with Crippen molar-refractivity contribution < 1.29 is 0 Å². The van der Waals surface area contributed by atoms with E-state index in [0.717, 1.165) is 11.4 Å². The summed E-state index contributed by atoms with van der Waals surface area (Å²) in [6.45, 7) is 11.7. The van der Waals surface area contributed by atoms with Crippen molar-refractivity contribution >= 4 is 6.08 Å². The SMILES string of the molecule is C=CC(C)/C=C\c1n[nH]nc1C.CC. The lowest BCUT2D eigenvalue weighted by atomic mass is 10.1. The highest BCUT2D eigenvalue weighted by Crippen LogP contribution is 2.05. The van der Waals surface area contributed by atoms with Crippen molar-refractivity contribution in [3.05, 3.63) is 30.1 Å². The summed E-state index contributed by atoms with van der Waals surface area (Å²) in [7, 11) is 0. The second-order valence-corrected chi connectivity index (χ2v) is 2.75. The van der Waals surface area contributed by atoms with Gasteiger partial charge in [0.05, 0.1) is 5.69 Å². The average molecular weight is 193 g/mol. The molecule has 0 aliphatic carbocycles. The van der Waals surface area contributed by atoms with Gasteiger partial charge in [0, 0.05) is 0 Å². The van der Waals surface area contributed by atoms with Gasteiger partial charge in [0.25, 0.3) is 0 Å². The molecule has 3 heteroatoms. The molecule has 0 bridgehead atoms. The third-order valence-corrected chi connectivity index (χ3v) is 1.69. The Hall–Kier alpha value is -1.38. The molecule has 0 aliphatic rings. The Morgan fingerprint density at radius 3 is 2.43 bits per heavy atom. The maximum absolute atomic E-state index is 3.96. The fourth-order valence-corrected chi connectivity index (χ4v) is 0.771. The van der Waals surface area contributed by atoms with E-state index in [4.69, 9.17) is 0 Å². The number of H-pyrrole nitrogens is 1. The van der Waals surface area contributed by atoms with E-state index in [1.807, 2.05) is 39.0 Å². The molecule has 0 fully saturated rings. The topological polar surface area (TPSA) is 41.6 Å². The van der Waals surface area contributed by atoms with Crippen molar-refractivity contribution in [3.8, 4) is 0 Å². The monoisotopic (exact) mass is 193 g/mol. The van der Waals surface area contributed by atoms with E-state index in [0.29, 0.717) is 5.92 Å². The van der Waals surface area contributed by atoms with Crippen molar-refractivity contribution in [1.29, 1.82) is 0 Å². The quantitative estimate of drug-likeness (QED) is 0.750. The van der Waals surface area contributed by atoms with Crippen LogP contribution in [0.15, 0.2) is 18.7 Å². The predicted octanol–water partition coefficient (Wildman–Crippen LogP) is 2.97. The van der Waals surface area contributed by atoms with Crippen molar-refractivity contribution in [2.45, 2.75) is 27.7 Å². The minimum absolute atomic E-state index is 0.376. The van der Waals surface area contributed by atoms with Crippen LogP contribution in [0, 0.1) is 12.8 Å². The van der Waals surface area contributed by atoms with Gasteiger partial charge in [-0.25, -0.2) is 0 Å². The molecule has 0 aromatic carbocycles. The molecule has 1 unspecified atom stereocenters. The van der Waals surface area contributed by atoms with Crippen LogP contribution in [-0.4, -0.2) is 15.4 Å². The molecule has 14 heavy (non-hydrogen) atoms. The molecule has 0 aliphatic heterocycles. The second-order valence-electron chi connectivity index (χ2n) is 2.75. The number of aryl methyl sites for hydroxylation is 1. The van der Waals surface area contributed by atoms with Gasteiger partial charge >= 0.3 is 0 Å². The van der Waals surface area contributed by atoms with E-state index < -0.39 is 0 Å². The summed E-state index contributed by atoms with van der Waals surface area (Å²) in [5.41, 5.74) is 1.81. The minimum atomic E-state index is 0.376. The minimum Gasteiger partial charge on any atom is -0.197 e. The van der Waals surface area contributed by atoms with Crippen LogP contribution in [0.1, 0.15) is 32.2 Å². The Labute approximate surface area is 85.9 Å². The summed E-state index contributed by atoms with van der Waals surface area (Å²) < 4.78 is 0. The molecular formula is C11H19N3. The van der Waals surface area contributed by atoms with Crippen molar-refractivity contribution in [3.63, 3.8) is 0 Å². The first kappa shape index (κ1) is 12.6. The van der Waals surface area contributed by atoms with Crippen LogP contribution < -0.4 is 0 Å². The number of nitrogens with zero attached hydrogens (tertiary/aromatic N) is 2. The molecule has 0 amide bonds. The Morgan fingerprint density at radius 1 is 1.36 bits per heavy atom. The van der Waals surface area contributed by atoms with E-state index >= 15 is 0 Å². The summed E-state index contributed by atoms with van der Waals surface area (Å²) in [6.07, 6.45) is 5.87. The van der Waals surface area contributed by atoms with E-state index in [2.05, 4.69) is 28.9 Å². The lowest BCUT2D eigenvalue weighted by Gasteiger charge is -1.93. The summed E-state index contributed by atoms with van der Waals surface area (Å²) in [5, 5.41) is 10.4. The summed E-state index contributed by atoms with van der Waals surface area (Å²) in [5.74, 6) is 0.376. The Morgan fingerprint density at radius 2 is 2.00 bits per heavy atom. The first-order valence-corrected chi connectivity index (χ1v) is 4.92. The maximum atomic E-state index is 3.96. The molecule has 78 valence electrons. The number of hydrogen-bond acceptors (Lipinski definition) is 2. The van der Waals surface area contributed by atoms with Gasteiger partial charge in [0.15, 0.2) is 0 Å². The average Bonchev–Trinajstić information content (AvgIpc) is 2.63. The van der Waals surface area contributed by atoms with Gasteiger partial charge < -0.3 is 0 Å². The molecule has 0 radical (unpaired) electrons. The van der Waals surface area contributed by atoms with Crippen LogP contribution in [0.2, 0.25) is 0 Å². The van der Waals surface area contributed by atoms with E-state index in [9.17, 15) is 0 Å². The first-order chi connectivity index (χ1) is 6.74. The Bertz CT molecular complexity index is 286. The third kappa shape index (κ3) is 4.03. The van der Waals surface area contributed by atoms with Crippen LogP contribution in [0.5, 0.6) is 0 Å². The van der Waals surface area contributed by atoms with Crippen LogP contribution >= 0.6 is 0 Å². The zero-order valence-corrected chi connectivity index (χ0v) is 9.41. The fraction of sp³-hybridized carbons (Fsp3) is 0.455. The molecule has 0 saturated carbocycles. The number of nitrogens with one attached hydrogen (secondary N) is 1. The molecule has 1 heterocycles. The summed E-state index contributed by atoms with van der Waals surface area (Å²) >= 11 is 0. The summed E-state index contributed by atoms with van der Waals surface area (Å²) in [6, 6.07) is 0. The molecule has 3 nitrogen and oxygen atoms in total. The third-order valence-electron chi connectivity index (χ3n) is 1.69. The van der Waals surface area contributed by atoms with Gasteiger partial charge in [-0.2, -0.15) is 15.4 Å². The van der Waals surface area contributed by atoms with Gasteiger partial charge in [-0.15, -0.1) is 6.58 Å². The zero-order valence-electron chi connectivity index (χ0n) is 9.41. The molecular weight excluding hydrogens is 174 g/mol. The number of aromatic nitrogens is 3. The number of allylic oxidation sites excluding steroid dienone is 2. The lowest BCUT2D eigenvalue weighted by molar-refractivity contribution is 0.924. The lowest BCUT2D eigenvalue weighted by Crippen LogP contribution is -1.82. The molecule has 0 spiro atoms. The van der Waals surface area contributed by atoms with Crippen LogP contribution in [0.4, 0.5) is 0 Å². The largest absolute Gasteiger partial charge is 0.197 e. The van der Waals surface area contributed by atoms with E-state index in [-0.39, 0.29) is 0 Å². The highest BCUT2D eigenvalue weighted by atomic mass is 15.3. The maximum Gasteiger partial charge on any atom is 0.108 e. The smallest absolute Gasteiger partial charge is 0.108 e. The standard InChI is InChI=1S/C9H13N3.C2H6/c1-4-7(2)5-6-9-8(3)10-12-11-9;1-2/h4-7H,1H2,2-3H3,(H,10,11,12);1-2H3/b6-5-;. The number of rotatable bonds is 3. The van der Waals surface area contributed by atoms with E-state index in [1.54, 1.807) is 0 Å². The number of hydrogen-bond donors (Lipinski definition) is 1. The molecule has 1 aromatic heterocycles. The van der Waals surface area contributed by atoms with Crippen molar-refractivity contribution in [2.75, 3.05) is 0 Å². The van der Waals surface area contributed by atoms with Gasteiger partial charge in [-0.1, -0.05) is 32.9 Å². The molecule has 0 saturated heterocycles. The molecule has 1 atom stereocenters. The molecule has 1 N–H and O–H groups in total. The predicted molar refractivity (Wildman–Crippen MR) is 60.9 cm³/mol.